The number of pyridine rings is 2. The van der Waals surface area contributed by atoms with E-state index in [1.54, 1.807) is 0 Å². The maximum atomic E-state index is 5.29. The summed E-state index contributed by atoms with van der Waals surface area (Å²) in [5, 5.41) is 8.23. The van der Waals surface area contributed by atoms with Crippen molar-refractivity contribution in [3.63, 3.8) is 0 Å². The van der Waals surface area contributed by atoms with Crippen LogP contribution in [0.1, 0.15) is 13.8 Å². The van der Waals surface area contributed by atoms with Crippen molar-refractivity contribution in [1.29, 1.82) is 0 Å². The molecule has 0 aliphatic heterocycles. The Balaban J connectivity index is 0.00000161. The first-order valence-electron chi connectivity index (χ1n) is 17.6. The van der Waals surface area contributed by atoms with Crippen molar-refractivity contribution in [3.8, 4) is 17.3 Å². The number of fused-ring (bicyclic) bond motifs is 10. The van der Waals surface area contributed by atoms with Crippen LogP contribution < -0.4 is 0 Å². The topological polar surface area (TPSA) is 40.6 Å². The van der Waals surface area contributed by atoms with Crippen molar-refractivity contribution in [2.75, 3.05) is 0 Å². The largest absolute Gasteiger partial charge is 0.309 e. The van der Waals surface area contributed by atoms with Gasteiger partial charge in [-0.3, -0.25) is 9.13 Å². The molecule has 5 aromatic heterocycles. The molecule has 0 aliphatic carbocycles. The smallest absolute Gasteiger partial charge is 0.139 e. The molecule has 11 rings (SSSR count). The minimum atomic E-state index is 0.864. The molecule has 5 nitrogen and oxygen atoms in total. The monoisotopic (exact) mass is 655 g/mol. The number of para-hydroxylation sites is 5. The van der Waals surface area contributed by atoms with Gasteiger partial charge in [-0.15, -0.1) is 0 Å². The average molecular weight is 656 g/mol. The SMILES string of the molecule is CC.c1ccc2nc(-n3c4ccccc4c4c5c(-n6c7ccccc7c7ccccc76)cccc5n(-c5ccc6ccccc6n5)c43)ccc2c1. The minimum Gasteiger partial charge on any atom is -0.309 e. The number of hydrogen-bond acceptors (Lipinski definition) is 2. The summed E-state index contributed by atoms with van der Waals surface area (Å²) in [6, 6.07) is 58.1. The van der Waals surface area contributed by atoms with E-state index in [9.17, 15) is 0 Å². The third kappa shape index (κ3) is 4.21. The Morgan fingerprint density at radius 2 is 0.804 bits per heavy atom. The lowest BCUT2D eigenvalue weighted by Gasteiger charge is -2.14. The molecule has 0 aliphatic rings. The van der Waals surface area contributed by atoms with Gasteiger partial charge in [0.25, 0.3) is 0 Å². The zero-order chi connectivity index (χ0) is 34.1. The number of hydrogen-bond donors (Lipinski definition) is 0. The number of nitrogens with zero attached hydrogens (tertiary/aromatic N) is 5. The summed E-state index contributed by atoms with van der Waals surface area (Å²) in [7, 11) is 0. The summed E-state index contributed by atoms with van der Waals surface area (Å²) >= 11 is 0. The van der Waals surface area contributed by atoms with E-state index in [4.69, 9.17) is 9.97 Å². The highest BCUT2D eigenvalue weighted by atomic mass is 15.2. The second-order valence-corrected chi connectivity index (χ2v) is 12.7. The highest BCUT2D eigenvalue weighted by Crippen LogP contribution is 2.44. The molecule has 0 saturated carbocycles. The van der Waals surface area contributed by atoms with Crippen molar-refractivity contribution >= 4 is 76.5 Å². The van der Waals surface area contributed by atoms with Crippen LogP contribution in [0.25, 0.3) is 93.8 Å². The summed E-state index contributed by atoms with van der Waals surface area (Å²) in [5.74, 6) is 1.73. The predicted octanol–water partition coefficient (Wildman–Crippen LogP) is 11.9. The first-order valence-corrected chi connectivity index (χ1v) is 17.6. The predicted molar refractivity (Wildman–Crippen MR) is 214 cm³/mol. The van der Waals surface area contributed by atoms with Crippen molar-refractivity contribution < 1.29 is 0 Å². The Labute approximate surface area is 294 Å². The first kappa shape index (κ1) is 29.2. The number of aromatic nitrogens is 5. The number of benzene rings is 6. The first-order chi connectivity index (χ1) is 25.3. The van der Waals surface area contributed by atoms with Crippen LogP contribution in [0.15, 0.2) is 164 Å². The Morgan fingerprint density at radius 1 is 0.353 bits per heavy atom. The molecule has 0 atom stereocenters. The molecule has 6 aromatic carbocycles. The molecular formula is C46H33N5. The van der Waals surface area contributed by atoms with Crippen LogP contribution in [-0.4, -0.2) is 23.7 Å². The van der Waals surface area contributed by atoms with E-state index in [2.05, 4.69) is 177 Å². The summed E-state index contributed by atoms with van der Waals surface area (Å²) in [4.78, 5) is 10.5. The molecule has 51 heavy (non-hydrogen) atoms. The molecule has 0 bridgehead atoms. The van der Waals surface area contributed by atoms with Gasteiger partial charge in [0.2, 0.25) is 0 Å². The Kier molecular flexibility index (Phi) is 6.55. The highest BCUT2D eigenvalue weighted by molar-refractivity contribution is 6.25. The van der Waals surface area contributed by atoms with Crippen molar-refractivity contribution in [1.82, 2.24) is 23.7 Å². The van der Waals surface area contributed by atoms with Gasteiger partial charge in [-0.25, -0.2) is 9.97 Å². The zero-order valence-electron chi connectivity index (χ0n) is 28.3. The van der Waals surface area contributed by atoms with Crippen LogP contribution in [0.5, 0.6) is 0 Å². The fraction of sp³-hybridized carbons (Fsp3) is 0.0435. The van der Waals surface area contributed by atoms with E-state index in [1.165, 1.54) is 38.0 Å². The van der Waals surface area contributed by atoms with Crippen LogP contribution >= 0.6 is 0 Å². The molecule has 0 radical (unpaired) electrons. The molecule has 0 spiro atoms. The number of rotatable bonds is 3. The van der Waals surface area contributed by atoms with E-state index in [0.717, 1.165) is 55.8 Å². The quantitative estimate of drug-likeness (QED) is 0.190. The molecule has 0 unspecified atom stereocenters. The van der Waals surface area contributed by atoms with Crippen LogP contribution in [0.3, 0.4) is 0 Å². The molecule has 11 aromatic rings. The van der Waals surface area contributed by atoms with Gasteiger partial charge in [-0.1, -0.05) is 111 Å². The Bertz CT molecular complexity index is 3070. The molecule has 0 fully saturated rings. The van der Waals surface area contributed by atoms with Gasteiger partial charge in [0.15, 0.2) is 0 Å². The van der Waals surface area contributed by atoms with E-state index in [0.29, 0.717) is 0 Å². The summed E-state index contributed by atoms with van der Waals surface area (Å²) in [6.07, 6.45) is 0. The lowest BCUT2D eigenvalue weighted by atomic mass is 10.1. The van der Waals surface area contributed by atoms with Crippen LogP contribution in [0.4, 0.5) is 0 Å². The van der Waals surface area contributed by atoms with Crippen molar-refractivity contribution in [2.24, 2.45) is 0 Å². The standard InChI is InChI=1S/C44H27N5.C2H6/c1-6-17-33-28(12-1)24-26-40(45-33)48-37-21-10-5-16-32(37)42-43-38(47-35-19-8-3-14-30(35)31-15-4-9-20-36(31)47)22-11-23-39(43)49(44(42)48)41-27-25-29-13-2-7-18-34(29)46-41;1-2/h1-27H;1-2H3. The van der Waals surface area contributed by atoms with Gasteiger partial charge in [-0.05, 0) is 66.7 Å². The maximum absolute atomic E-state index is 5.29. The van der Waals surface area contributed by atoms with Crippen LogP contribution in [0.2, 0.25) is 0 Å². The molecule has 0 N–H and O–H groups in total. The molecule has 5 heterocycles. The fourth-order valence-corrected chi connectivity index (χ4v) is 7.96. The van der Waals surface area contributed by atoms with Crippen molar-refractivity contribution in [3.05, 3.63) is 164 Å². The third-order valence-corrected chi connectivity index (χ3v) is 10.0. The summed E-state index contributed by atoms with van der Waals surface area (Å²) in [6.45, 7) is 4.00. The minimum absolute atomic E-state index is 0.864. The zero-order valence-corrected chi connectivity index (χ0v) is 28.3. The molecule has 242 valence electrons. The van der Waals surface area contributed by atoms with E-state index >= 15 is 0 Å². The summed E-state index contributed by atoms with van der Waals surface area (Å²) < 4.78 is 7.10. The second-order valence-electron chi connectivity index (χ2n) is 12.7. The maximum Gasteiger partial charge on any atom is 0.139 e. The molecule has 5 heteroatoms. The second kappa shape index (κ2) is 11.4. The van der Waals surface area contributed by atoms with Gasteiger partial charge in [0.1, 0.15) is 17.3 Å². The fourth-order valence-electron chi connectivity index (χ4n) is 7.96. The van der Waals surface area contributed by atoms with Gasteiger partial charge >= 0.3 is 0 Å². The lowest BCUT2D eigenvalue weighted by molar-refractivity contribution is 1.01. The highest BCUT2D eigenvalue weighted by Gasteiger charge is 2.26. The van der Waals surface area contributed by atoms with Gasteiger partial charge in [0.05, 0.1) is 38.8 Å². The van der Waals surface area contributed by atoms with Gasteiger partial charge in [0, 0.05) is 37.7 Å². The average Bonchev–Trinajstić information content (AvgIpc) is 3.84. The van der Waals surface area contributed by atoms with E-state index in [1.807, 2.05) is 13.8 Å². The van der Waals surface area contributed by atoms with Crippen LogP contribution in [-0.2, 0) is 0 Å². The normalized spacial score (nSPS) is 11.7. The van der Waals surface area contributed by atoms with Gasteiger partial charge < -0.3 is 4.57 Å². The molecule has 0 amide bonds. The molecule has 0 saturated heterocycles. The van der Waals surface area contributed by atoms with E-state index in [-0.39, 0.29) is 0 Å². The third-order valence-electron chi connectivity index (χ3n) is 10.0. The lowest BCUT2D eigenvalue weighted by Crippen LogP contribution is -2.05. The Hall–Kier alpha value is -6.72. The Morgan fingerprint density at radius 3 is 1.39 bits per heavy atom. The molecular weight excluding hydrogens is 623 g/mol. The van der Waals surface area contributed by atoms with Gasteiger partial charge in [-0.2, -0.15) is 0 Å². The summed E-state index contributed by atoms with van der Waals surface area (Å²) in [5.41, 5.74) is 8.64. The van der Waals surface area contributed by atoms with Crippen LogP contribution in [0, 0.1) is 0 Å². The van der Waals surface area contributed by atoms with Crippen molar-refractivity contribution in [2.45, 2.75) is 13.8 Å². The van der Waals surface area contributed by atoms with E-state index < -0.39 is 0 Å².